The molecule has 0 aromatic heterocycles. The standard InChI is InChI=1S/C48H92O5Si3/c1-20-21-26-33-47(52-55(39(8)9,40(10)11)41(12)13)48(53-56(42(14)15,43(16)17)44(18)19)34-28-25-23-22-24-27-31-46(32-29-30-45(50)35-49)51-54(36(2)3,37(4)5)38(6)7/h23,25,27-28,31,34,36-44,46-49H,20-21,26,29-30,32-33,35H2,1-19H3/b25-23+,31-27+,34-28+. The molecule has 0 fully saturated rings. The van der Waals surface area contributed by atoms with Gasteiger partial charge in [0, 0.05) is 6.42 Å². The van der Waals surface area contributed by atoms with E-state index in [-0.39, 0.29) is 24.1 Å². The Labute approximate surface area is 352 Å². The second kappa shape index (κ2) is 26.9. The number of hydrogen-bond acceptors (Lipinski definition) is 5. The molecule has 1 N–H and O–H groups in total. The molecule has 0 aliphatic heterocycles. The molecule has 0 bridgehead atoms. The zero-order chi connectivity index (χ0) is 43.4. The number of carbonyl (C=O) groups excluding carboxylic acids is 1. The van der Waals surface area contributed by atoms with Gasteiger partial charge in [-0.15, -0.1) is 0 Å². The van der Waals surface area contributed by atoms with Gasteiger partial charge in [-0.2, -0.15) is 0 Å². The number of aliphatic hydroxyl groups is 1. The van der Waals surface area contributed by atoms with Crippen LogP contribution in [0.5, 0.6) is 0 Å². The second-order valence-electron chi connectivity index (χ2n) is 19.3. The first kappa shape index (κ1) is 54.9. The van der Waals surface area contributed by atoms with Crippen molar-refractivity contribution in [1.82, 2.24) is 0 Å². The topological polar surface area (TPSA) is 65.0 Å². The van der Waals surface area contributed by atoms with E-state index >= 15 is 0 Å². The molecule has 0 rings (SSSR count). The van der Waals surface area contributed by atoms with E-state index in [1.807, 2.05) is 18.2 Å². The van der Waals surface area contributed by atoms with Crippen molar-refractivity contribution in [3.63, 3.8) is 0 Å². The summed E-state index contributed by atoms with van der Waals surface area (Å²) in [7, 11) is -6.55. The highest BCUT2D eigenvalue weighted by atomic mass is 28.4. The molecule has 0 radical (unpaired) electrons. The lowest BCUT2D eigenvalue weighted by molar-refractivity contribution is -0.121. The smallest absolute Gasteiger partial charge is 0.201 e. The summed E-state index contributed by atoms with van der Waals surface area (Å²) in [6, 6.07) is 0. The Hall–Kier alpha value is -1.06. The molecular formula is C48H92O5Si3. The van der Waals surface area contributed by atoms with Crippen molar-refractivity contribution in [2.24, 2.45) is 0 Å². The predicted octanol–water partition coefficient (Wildman–Crippen LogP) is 14.7. The molecule has 0 aliphatic carbocycles. The van der Waals surface area contributed by atoms with Crippen molar-refractivity contribution in [3.05, 3.63) is 36.5 Å². The van der Waals surface area contributed by atoms with Crippen LogP contribution < -0.4 is 0 Å². The molecule has 0 aromatic carbocycles. The third kappa shape index (κ3) is 15.5. The lowest BCUT2D eigenvalue weighted by Gasteiger charge is -2.49. The Balaban J connectivity index is 6.90. The first-order valence-corrected chi connectivity index (χ1v) is 29.1. The summed E-state index contributed by atoms with van der Waals surface area (Å²) in [6.07, 6.45) is 18.4. The highest BCUT2D eigenvalue weighted by molar-refractivity contribution is 6.78. The fourth-order valence-corrected chi connectivity index (χ4v) is 27.1. The third-order valence-corrected chi connectivity index (χ3v) is 31.2. The minimum absolute atomic E-state index is 0.00463. The van der Waals surface area contributed by atoms with Gasteiger partial charge in [-0.25, -0.2) is 0 Å². The number of aliphatic hydroxyl groups excluding tert-OH is 1. The van der Waals surface area contributed by atoms with Crippen LogP contribution in [-0.4, -0.2) is 60.8 Å². The number of allylic oxidation sites excluding steroid dienone is 4. The number of Topliss-reactive ketones (excluding diaryl/α,β-unsaturated/α-hetero) is 1. The molecule has 0 spiro atoms. The van der Waals surface area contributed by atoms with Crippen molar-refractivity contribution >= 4 is 30.7 Å². The minimum Gasteiger partial charge on any atom is -0.410 e. The van der Waals surface area contributed by atoms with E-state index in [1.165, 1.54) is 12.8 Å². The average molecular weight is 834 g/mol. The van der Waals surface area contributed by atoms with E-state index in [4.69, 9.17) is 13.3 Å². The summed E-state index contributed by atoms with van der Waals surface area (Å²) < 4.78 is 22.4. The Morgan fingerprint density at radius 1 is 0.536 bits per heavy atom. The summed E-state index contributed by atoms with van der Waals surface area (Å²) >= 11 is 0. The molecule has 5 nitrogen and oxygen atoms in total. The van der Waals surface area contributed by atoms with E-state index in [9.17, 15) is 9.90 Å². The van der Waals surface area contributed by atoms with E-state index in [0.717, 1.165) is 19.3 Å². The number of unbranched alkanes of at least 4 members (excludes halogenated alkanes) is 2. The molecule has 3 atom stereocenters. The van der Waals surface area contributed by atoms with Gasteiger partial charge >= 0.3 is 0 Å². The van der Waals surface area contributed by atoms with Crippen molar-refractivity contribution in [1.29, 1.82) is 0 Å². The predicted molar refractivity (Wildman–Crippen MR) is 253 cm³/mol. The van der Waals surface area contributed by atoms with Gasteiger partial charge in [0.05, 0.1) is 18.3 Å². The monoisotopic (exact) mass is 833 g/mol. The minimum atomic E-state index is -2.23. The summed E-state index contributed by atoms with van der Waals surface area (Å²) in [5, 5.41) is 9.26. The number of carbonyl (C=O) groups is 1. The quantitative estimate of drug-likeness (QED) is 0.0368. The molecule has 0 aromatic rings. The lowest BCUT2D eigenvalue weighted by atomic mass is 10.1. The van der Waals surface area contributed by atoms with Crippen LogP contribution in [0.2, 0.25) is 49.9 Å². The van der Waals surface area contributed by atoms with Gasteiger partial charge in [0.2, 0.25) is 25.0 Å². The van der Waals surface area contributed by atoms with Crippen LogP contribution >= 0.6 is 0 Å². The first-order valence-electron chi connectivity index (χ1n) is 22.7. The first-order chi connectivity index (χ1) is 26.1. The highest BCUT2D eigenvalue weighted by Gasteiger charge is 2.51. The molecule has 0 saturated heterocycles. The Kier molecular flexibility index (Phi) is 26.4. The fourth-order valence-electron chi connectivity index (χ4n) is 10.4. The van der Waals surface area contributed by atoms with Gasteiger partial charge in [0.25, 0.3) is 0 Å². The van der Waals surface area contributed by atoms with Gasteiger partial charge in [0.1, 0.15) is 6.61 Å². The molecule has 0 amide bonds. The summed E-state index contributed by atoms with van der Waals surface area (Å²) in [5.74, 6) is 6.34. The largest absolute Gasteiger partial charge is 0.410 e. The highest BCUT2D eigenvalue weighted by Crippen LogP contribution is 2.47. The Bertz CT molecular complexity index is 1170. The molecular weight excluding hydrogens is 741 g/mol. The van der Waals surface area contributed by atoms with Crippen LogP contribution in [0.3, 0.4) is 0 Å². The van der Waals surface area contributed by atoms with E-state index < -0.39 is 31.6 Å². The number of hydrogen-bond donors (Lipinski definition) is 1. The second-order valence-corrected chi connectivity index (χ2v) is 35.5. The van der Waals surface area contributed by atoms with Crippen LogP contribution in [0.4, 0.5) is 0 Å². The van der Waals surface area contributed by atoms with Crippen molar-refractivity contribution in [2.75, 3.05) is 6.61 Å². The van der Waals surface area contributed by atoms with Crippen LogP contribution in [0.15, 0.2) is 36.5 Å². The van der Waals surface area contributed by atoms with Crippen LogP contribution in [0.25, 0.3) is 0 Å². The van der Waals surface area contributed by atoms with Crippen molar-refractivity contribution in [2.45, 2.75) is 245 Å². The van der Waals surface area contributed by atoms with Crippen LogP contribution in [-0.2, 0) is 18.1 Å². The summed E-state index contributed by atoms with van der Waals surface area (Å²) in [5.41, 5.74) is 4.29. The van der Waals surface area contributed by atoms with Gasteiger partial charge in [0.15, 0.2) is 5.78 Å². The zero-order valence-electron chi connectivity index (χ0n) is 40.1. The average Bonchev–Trinajstić information content (AvgIpc) is 3.09. The van der Waals surface area contributed by atoms with Crippen LogP contribution in [0, 0.1) is 11.8 Å². The fraction of sp³-hybridized carbons (Fsp3) is 0.812. The lowest BCUT2D eigenvalue weighted by Crippen LogP contribution is -2.56. The maximum absolute atomic E-state index is 11.9. The number of rotatable bonds is 28. The zero-order valence-corrected chi connectivity index (χ0v) is 43.1. The third-order valence-electron chi connectivity index (χ3n) is 12.8. The van der Waals surface area contributed by atoms with Gasteiger partial charge in [-0.3, -0.25) is 4.79 Å². The van der Waals surface area contributed by atoms with Crippen LogP contribution in [0.1, 0.15) is 176 Å². The molecule has 326 valence electrons. The summed E-state index contributed by atoms with van der Waals surface area (Å²) in [6.45, 7) is 44.2. The normalized spacial score (nSPS) is 15.4. The Morgan fingerprint density at radius 2 is 0.964 bits per heavy atom. The van der Waals surface area contributed by atoms with Gasteiger partial charge in [-0.1, -0.05) is 181 Å². The van der Waals surface area contributed by atoms with E-state index in [0.29, 0.717) is 62.7 Å². The maximum Gasteiger partial charge on any atom is 0.201 e. The van der Waals surface area contributed by atoms with Gasteiger partial charge in [-0.05, 0) is 87.4 Å². The van der Waals surface area contributed by atoms with Crippen molar-refractivity contribution in [3.8, 4) is 11.8 Å². The summed E-state index contributed by atoms with van der Waals surface area (Å²) in [4.78, 5) is 11.9. The maximum atomic E-state index is 11.9. The van der Waals surface area contributed by atoms with E-state index in [2.05, 4.69) is 162 Å². The molecule has 0 saturated carbocycles. The SMILES string of the molecule is CCCCCC(O[Si](C(C)C)(C(C)C)C(C)C)C(/C=C/C=C/C#C/C=C/C(CCCC(=O)CO)O[Si](C(C)C)(C(C)C)C(C)C)O[Si](C(C)C)(C(C)C)C(C)C. The molecule has 3 unspecified atom stereocenters. The number of ketones is 1. The molecule has 8 heteroatoms. The van der Waals surface area contributed by atoms with E-state index in [1.54, 1.807) is 0 Å². The Morgan fingerprint density at radius 3 is 1.39 bits per heavy atom. The molecule has 0 heterocycles. The van der Waals surface area contributed by atoms with Crippen molar-refractivity contribution < 1.29 is 23.2 Å². The molecule has 0 aliphatic rings. The van der Waals surface area contributed by atoms with Gasteiger partial charge < -0.3 is 18.4 Å². The molecule has 56 heavy (non-hydrogen) atoms.